The third kappa shape index (κ3) is 4.41. The molecule has 1 aliphatic rings. The zero-order valence-electron chi connectivity index (χ0n) is 13.5. The number of carbonyl (C=O) groups is 2. The molecule has 1 fully saturated rings. The SMILES string of the molecule is CCC(CC)NC(=O)C(C)N(CC)C1COCC1C(=O)O. The maximum Gasteiger partial charge on any atom is 0.310 e. The van der Waals surface area contributed by atoms with E-state index in [1.54, 1.807) is 0 Å². The first-order valence-electron chi connectivity index (χ1n) is 7.82. The molecule has 0 aromatic heterocycles. The molecule has 0 aromatic rings. The van der Waals surface area contributed by atoms with Crippen LogP contribution >= 0.6 is 0 Å². The van der Waals surface area contributed by atoms with E-state index in [4.69, 9.17) is 4.74 Å². The number of carboxylic acids is 1. The molecule has 1 heterocycles. The van der Waals surface area contributed by atoms with Gasteiger partial charge in [-0.05, 0) is 26.3 Å². The Morgan fingerprint density at radius 3 is 2.38 bits per heavy atom. The summed E-state index contributed by atoms with van der Waals surface area (Å²) in [6.45, 7) is 9.07. The minimum atomic E-state index is -0.858. The van der Waals surface area contributed by atoms with Crippen LogP contribution in [-0.4, -0.2) is 59.8 Å². The van der Waals surface area contributed by atoms with Gasteiger partial charge in [-0.1, -0.05) is 20.8 Å². The van der Waals surface area contributed by atoms with Crippen LogP contribution < -0.4 is 5.32 Å². The second-order valence-electron chi connectivity index (χ2n) is 5.58. The number of carbonyl (C=O) groups excluding carboxylic acids is 1. The summed E-state index contributed by atoms with van der Waals surface area (Å²) < 4.78 is 5.31. The van der Waals surface area contributed by atoms with E-state index in [9.17, 15) is 14.7 Å². The van der Waals surface area contributed by atoms with Crippen molar-refractivity contribution < 1.29 is 19.4 Å². The quantitative estimate of drug-likeness (QED) is 0.702. The van der Waals surface area contributed by atoms with E-state index in [1.165, 1.54) is 0 Å². The molecule has 0 saturated carbocycles. The fourth-order valence-electron chi connectivity index (χ4n) is 2.87. The molecule has 3 atom stereocenters. The van der Waals surface area contributed by atoms with Gasteiger partial charge in [0, 0.05) is 12.1 Å². The van der Waals surface area contributed by atoms with Crippen molar-refractivity contribution in [2.24, 2.45) is 5.92 Å². The molecule has 0 aromatic carbocycles. The Hall–Kier alpha value is -1.14. The number of nitrogens with one attached hydrogen (secondary N) is 1. The maximum atomic E-state index is 12.4. The Balaban J connectivity index is 2.74. The molecule has 122 valence electrons. The van der Waals surface area contributed by atoms with E-state index in [-0.39, 0.29) is 30.6 Å². The first-order chi connectivity index (χ1) is 9.96. The molecule has 6 nitrogen and oxygen atoms in total. The van der Waals surface area contributed by atoms with Crippen LogP contribution in [0.5, 0.6) is 0 Å². The van der Waals surface area contributed by atoms with Crippen molar-refractivity contribution in [2.45, 2.75) is 58.7 Å². The minimum absolute atomic E-state index is 0.0402. The van der Waals surface area contributed by atoms with Gasteiger partial charge in [-0.2, -0.15) is 0 Å². The number of amides is 1. The molecule has 0 bridgehead atoms. The molecule has 1 aliphatic heterocycles. The summed E-state index contributed by atoms with van der Waals surface area (Å²) in [7, 11) is 0. The van der Waals surface area contributed by atoms with Crippen molar-refractivity contribution in [3.8, 4) is 0 Å². The van der Waals surface area contributed by atoms with Crippen molar-refractivity contribution in [3.05, 3.63) is 0 Å². The molecule has 21 heavy (non-hydrogen) atoms. The van der Waals surface area contributed by atoms with Crippen LogP contribution in [0.15, 0.2) is 0 Å². The molecular formula is C15H28N2O4. The zero-order valence-corrected chi connectivity index (χ0v) is 13.5. The van der Waals surface area contributed by atoms with Crippen LogP contribution in [0.1, 0.15) is 40.5 Å². The summed E-state index contributed by atoms with van der Waals surface area (Å²) in [5.74, 6) is -1.46. The van der Waals surface area contributed by atoms with E-state index in [0.29, 0.717) is 13.2 Å². The van der Waals surface area contributed by atoms with Crippen molar-refractivity contribution >= 4 is 11.9 Å². The predicted octanol–water partition coefficient (Wildman–Crippen LogP) is 1.10. The average Bonchev–Trinajstić information content (AvgIpc) is 2.94. The van der Waals surface area contributed by atoms with Gasteiger partial charge in [-0.25, -0.2) is 0 Å². The Morgan fingerprint density at radius 2 is 1.90 bits per heavy atom. The molecule has 6 heteroatoms. The summed E-state index contributed by atoms with van der Waals surface area (Å²) >= 11 is 0. The van der Waals surface area contributed by atoms with Gasteiger partial charge in [0.2, 0.25) is 5.91 Å². The first kappa shape index (κ1) is 17.9. The summed E-state index contributed by atoms with van der Waals surface area (Å²) in [4.78, 5) is 25.6. The fraction of sp³-hybridized carbons (Fsp3) is 0.867. The highest BCUT2D eigenvalue weighted by atomic mass is 16.5. The van der Waals surface area contributed by atoms with Crippen molar-refractivity contribution in [1.82, 2.24) is 10.2 Å². The van der Waals surface area contributed by atoms with Gasteiger partial charge >= 0.3 is 5.97 Å². The van der Waals surface area contributed by atoms with Crippen molar-refractivity contribution in [2.75, 3.05) is 19.8 Å². The third-order valence-electron chi connectivity index (χ3n) is 4.37. The highest BCUT2D eigenvalue weighted by molar-refractivity contribution is 5.81. The van der Waals surface area contributed by atoms with Crippen molar-refractivity contribution in [1.29, 1.82) is 0 Å². The summed E-state index contributed by atoms with van der Waals surface area (Å²) in [6.07, 6.45) is 1.79. The lowest BCUT2D eigenvalue weighted by molar-refractivity contribution is -0.144. The van der Waals surface area contributed by atoms with Gasteiger partial charge in [0.25, 0.3) is 0 Å². The Bertz CT molecular complexity index is 358. The summed E-state index contributed by atoms with van der Waals surface area (Å²) in [6, 6.07) is -0.423. The Labute approximate surface area is 126 Å². The van der Waals surface area contributed by atoms with E-state index in [2.05, 4.69) is 5.32 Å². The molecule has 3 unspecified atom stereocenters. The lowest BCUT2D eigenvalue weighted by Gasteiger charge is -2.34. The number of hydrogen-bond donors (Lipinski definition) is 2. The third-order valence-corrected chi connectivity index (χ3v) is 4.37. The number of ether oxygens (including phenoxy) is 1. The molecule has 1 amide bonds. The molecule has 0 aliphatic carbocycles. The largest absolute Gasteiger partial charge is 0.481 e. The number of carboxylic acid groups (broad SMARTS) is 1. The van der Waals surface area contributed by atoms with Gasteiger partial charge in [0.15, 0.2) is 0 Å². The number of nitrogens with zero attached hydrogens (tertiary/aromatic N) is 1. The van der Waals surface area contributed by atoms with Crippen LogP contribution in [0.25, 0.3) is 0 Å². The highest BCUT2D eigenvalue weighted by Crippen LogP contribution is 2.22. The highest BCUT2D eigenvalue weighted by Gasteiger charge is 2.40. The van der Waals surface area contributed by atoms with Gasteiger partial charge in [0.05, 0.1) is 25.2 Å². The van der Waals surface area contributed by atoms with Crippen LogP contribution in [0.4, 0.5) is 0 Å². The molecule has 0 radical (unpaired) electrons. The molecular weight excluding hydrogens is 272 g/mol. The zero-order chi connectivity index (χ0) is 16.0. The van der Waals surface area contributed by atoms with Gasteiger partial charge in [-0.15, -0.1) is 0 Å². The van der Waals surface area contributed by atoms with Crippen LogP contribution in [-0.2, 0) is 14.3 Å². The van der Waals surface area contributed by atoms with Gasteiger partial charge in [0.1, 0.15) is 0 Å². The van der Waals surface area contributed by atoms with E-state index in [1.807, 2.05) is 32.6 Å². The lowest BCUT2D eigenvalue weighted by atomic mass is 10.0. The second-order valence-corrected chi connectivity index (χ2v) is 5.58. The summed E-state index contributed by atoms with van der Waals surface area (Å²) in [5, 5.41) is 12.3. The number of likely N-dealkylation sites (N-methyl/N-ethyl adjacent to an activating group) is 1. The smallest absolute Gasteiger partial charge is 0.310 e. The Morgan fingerprint density at radius 1 is 1.29 bits per heavy atom. The van der Waals surface area contributed by atoms with E-state index >= 15 is 0 Å². The van der Waals surface area contributed by atoms with Crippen LogP contribution in [0.3, 0.4) is 0 Å². The lowest BCUT2D eigenvalue weighted by Crippen LogP contribution is -2.54. The van der Waals surface area contributed by atoms with Gasteiger partial charge in [-0.3, -0.25) is 14.5 Å². The van der Waals surface area contributed by atoms with Crippen LogP contribution in [0, 0.1) is 5.92 Å². The first-order valence-corrected chi connectivity index (χ1v) is 7.82. The van der Waals surface area contributed by atoms with E-state index in [0.717, 1.165) is 12.8 Å². The van der Waals surface area contributed by atoms with E-state index < -0.39 is 11.9 Å². The normalized spacial score (nSPS) is 23.5. The summed E-state index contributed by atoms with van der Waals surface area (Å²) in [5.41, 5.74) is 0. The Kier molecular flexibility index (Phi) is 7.11. The number of rotatable bonds is 8. The van der Waals surface area contributed by atoms with Gasteiger partial charge < -0.3 is 15.2 Å². The fourth-order valence-corrected chi connectivity index (χ4v) is 2.87. The molecule has 0 spiro atoms. The molecule has 2 N–H and O–H groups in total. The maximum absolute atomic E-state index is 12.4. The van der Waals surface area contributed by atoms with Crippen LogP contribution in [0.2, 0.25) is 0 Å². The second kappa shape index (κ2) is 8.34. The van der Waals surface area contributed by atoms with Crippen molar-refractivity contribution in [3.63, 3.8) is 0 Å². The topological polar surface area (TPSA) is 78.9 Å². The minimum Gasteiger partial charge on any atom is -0.481 e. The molecule has 1 rings (SSSR count). The average molecular weight is 300 g/mol. The number of aliphatic carboxylic acids is 1. The number of hydrogen-bond acceptors (Lipinski definition) is 4. The predicted molar refractivity (Wildman–Crippen MR) is 80.1 cm³/mol. The molecule has 1 saturated heterocycles. The monoisotopic (exact) mass is 300 g/mol. The standard InChI is InChI=1S/C15H28N2O4/c1-5-11(6-2)16-14(18)10(4)17(7-3)13-9-21-8-12(13)15(19)20/h10-13H,5-9H2,1-4H3,(H,16,18)(H,19,20).